The molecule has 1 aromatic rings. The molecule has 3 nitrogen and oxygen atoms in total. The molecule has 0 spiro atoms. The van der Waals surface area contributed by atoms with Gasteiger partial charge in [0.15, 0.2) is 0 Å². The maximum atomic E-state index is 11.1. The molecule has 1 atom stereocenters. The van der Waals surface area contributed by atoms with E-state index in [1.165, 1.54) is 12.7 Å². The van der Waals surface area contributed by atoms with Gasteiger partial charge in [0.25, 0.3) is 0 Å². The van der Waals surface area contributed by atoms with Gasteiger partial charge in [-0.05, 0) is 11.6 Å². The number of pyridine rings is 1. The van der Waals surface area contributed by atoms with Crippen LogP contribution in [0.15, 0.2) is 24.5 Å². The summed E-state index contributed by atoms with van der Waals surface area (Å²) in [5.41, 5.74) is 1.18. The number of carbonyl (C=O) groups is 1. The van der Waals surface area contributed by atoms with Crippen molar-refractivity contribution in [2.45, 2.75) is 12.7 Å². The van der Waals surface area contributed by atoms with Crippen molar-refractivity contribution in [3.05, 3.63) is 30.1 Å². The quantitative estimate of drug-likeness (QED) is 0.720. The number of nitrogens with zero attached hydrogens (tertiary/aromatic N) is 1. The van der Waals surface area contributed by atoms with Gasteiger partial charge in [0, 0.05) is 23.9 Å². The van der Waals surface area contributed by atoms with Crippen LogP contribution in [0.4, 0.5) is 0 Å². The van der Waals surface area contributed by atoms with Crippen molar-refractivity contribution in [1.82, 2.24) is 4.98 Å². The number of hydrogen-bond donors (Lipinski definition) is 0. The zero-order chi connectivity index (χ0) is 11.1. The third-order valence-corrected chi connectivity index (χ3v) is 3.24. The lowest BCUT2D eigenvalue weighted by atomic mass is 10.2. The molecule has 1 unspecified atom stereocenters. The second kappa shape index (κ2) is 6.45. The molecule has 0 aromatic carbocycles. The van der Waals surface area contributed by atoms with Crippen LogP contribution >= 0.6 is 11.8 Å². The number of esters is 1. The first-order valence-corrected chi connectivity index (χ1v) is 5.94. The van der Waals surface area contributed by atoms with Crippen molar-refractivity contribution >= 4 is 17.7 Å². The molecule has 0 amide bonds. The third-order valence-electron chi connectivity index (χ3n) is 1.96. The average Bonchev–Trinajstić information content (AvgIpc) is 2.29. The van der Waals surface area contributed by atoms with Crippen LogP contribution in [-0.4, -0.2) is 23.8 Å². The van der Waals surface area contributed by atoms with Crippen LogP contribution < -0.4 is 0 Å². The highest BCUT2D eigenvalue weighted by Gasteiger charge is 2.12. The van der Waals surface area contributed by atoms with E-state index in [0.29, 0.717) is 0 Å². The van der Waals surface area contributed by atoms with Gasteiger partial charge < -0.3 is 4.74 Å². The molecule has 1 heterocycles. The molecular weight excluding hydrogens is 210 g/mol. The van der Waals surface area contributed by atoms with Crippen LogP contribution in [0.25, 0.3) is 0 Å². The van der Waals surface area contributed by atoms with Crippen LogP contribution in [0.5, 0.6) is 0 Å². The lowest BCUT2D eigenvalue weighted by Crippen LogP contribution is -2.14. The molecule has 82 valence electrons. The van der Waals surface area contributed by atoms with Gasteiger partial charge in [-0.3, -0.25) is 9.78 Å². The normalized spacial score (nSPS) is 12.1. The van der Waals surface area contributed by atoms with Crippen LogP contribution in [-0.2, 0) is 15.3 Å². The van der Waals surface area contributed by atoms with Gasteiger partial charge in [-0.2, -0.15) is 11.8 Å². The number of rotatable bonds is 5. The molecule has 0 aliphatic heterocycles. The van der Waals surface area contributed by atoms with Gasteiger partial charge in [-0.15, -0.1) is 0 Å². The van der Waals surface area contributed by atoms with Crippen LogP contribution in [0.2, 0.25) is 0 Å². The predicted octanol–water partition coefficient (Wildman–Crippen LogP) is 2.12. The minimum Gasteiger partial charge on any atom is -0.469 e. The summed E-state index contributed by atoms with van der Waals surface area (Å²) < 4.78 is 4.65. The first-order chi connectivity index (χ1) is 7.24. The Hall–Kier alpha value is -1.03. The van der Waals surface area contributed by atoms with Crippen molar-refractivity contribution in [2.24, 2.45) is 5.92 Å². The van der Waals surface area contributed by atoms with E-state index in [0.717, 1.165) is 11.5 Å². The topological polar surface area (TPSA) is 39.2 Å². The summed E-state index contributed by atoms with van der Waals surface area (Å²) in [7, 11) is 1.42. The summed E-state index contributed by atoms with van der Waals surface area (Å²) in [6.45, 7) is 1.88. The lowest BCUT2D eigenvalue weighted by Gasteiger charge is -2.08. The number of aromatic nitrogens is 1. The molecule has 15 heavy (non-hydrogen) atoms. The van der Waals surface area contributed by atoms with E-state index < -0.39 is 0 Å². The molecule has 4 heteroatoms. The molecule has 0 saturated heterocycles. The molecule has 1 aromatic heterocycles. The number of methoxy groups -OCH3 is 1. The molecule has 0 saturated carbocycles. The number of ether oxygens (including phenoxy) is 1. The number of hydrogen-bond acceptors (Lipinski definition) is 4. The summed E-state index contributed by atoms with van der Waals surface area (Å²) in [4.78, 5) is 15.1. The molecule has 0 bridgehead atoms. The smallest absolute Gasteiger partial charge is 0.309 e. The summed E-state index contributed by atoms with van der Waals surface area (Å²) in [5.74, 6) is 1.47. The highest BCUT2D eigenvalue weighted by atomic mass is 32.2. The van der Waals surface area contributed by atoms with Crippen molar-refractivity contribution in [1.29, 1.82) is 0 Å². The van der Waals surface area contributed by atoms with Gasteiger partial charge in [0.2, 0.25) is 0 Å². The summed E-state index contributed by atoms with van der Waals surface area (Å²) in [5, 5.41) is 0. The Morgan fingerprint density at radius 1 is 1.67 bits per heavy atom. The largest absolute Gasteiger partial charge is 0.469 e. The standard InChI is InChI=1S/C11H15NO2S/c1-9(11(13)14-2)7-15-8-10-4-3-5-12-6-10/h3-6,9H,7-8H2,1-2H3. The fourth-order valence-corrected chi connectivity index (χ4v) is 2.12. The van der Waals surface area contributed by atoms with Crippen LogP contribution in [0.1, 0.15) is 12.5 Å². The molecule has 0 aliphatic rings. The van der Waals surface area contributed by atoms with Gasteiger partial charge in [0.05, 0.1) is 13.0 Å². The Bertz CT molecular complexity index is 303. The average molecular weight is 225 g/mol. The van der Waals surface area contributed by atoms with E-state index in [4.69, 9.17) is 0 Å². The zero-order valence-electron chi connectivity index (χ0n) is 8.97. The van der Waals surface area contributed by atoms with Crippen molar-refractivity contribution in [3.63, 3.8) is 0 Å². The van der Waals surface area contributed by atoms with Crippen molar-refractivity contribution in [3.8, 4) is 0 Å². The molecular formula is C11H15NO2S. The van der Waals surface area contributed by atoms with Crippen LogP contribution in [0, 0.1) is 5.92 Å². The Morgan fingerprint density at radius 2 is 2.47 bits per heavy atom. The Balaban J connectivity index is 2.25. The fraction of sp³-hybridized carbons (Fsp3) is 0.455. The monoisotopic (exact) mass is 225 g/mol. The Morgan fingerprint density at radius 3 is 3.07 bits per heavy atom. The Labute approximate surface area is 94.2 Å². The second-order valence-electron chi connectivity index (χ2n) is 3.30. The maximum Gasteiger partial charge on any atom is 0.309 e. The van der Waals surface area contributed by atoms with E-state index >= 15 is 0 Å². The maximum absolute atomic E-state index is 11.1. The number of carbonyl (C=O) groups excluding carboxylic acids is 1. The molecule has 0 radical (unpaired) electrons. The zero-order valence-corrected chi connectivity index (χ0v) is 9.79. The van der Waals surface area contributed by atoms with E-state index in [9.17, 15) is 4.79 Å². The molecule has 0 aliphatic carbocycles. The summed E-state index contributed by atoms with van der Waals surface area (Å²) in [6.07, 6.45) is 3.60. The first kappa shape index (κ1) is 12.0. The van der Waals surface area contributed by atoms with E-state index in [1.807, 2.05) is 25.3 Å². The first-order valence-electron chi connectivity index (χ1n) is 4.78. The van der Waals surface area contributed by atoms with E-state index in [2.05, 4.69) is 9.72 Å². The van der Waals surface area contributed by atoms with Gasteiger partial charge in [-0.1, -0.05) is 13.0 Å². The van der Waals surface area contributed by atoms with Gasteiger partial charge >= 0.3 is 5.97 Å². The lowest BCUT2D eigenvalue weighted by molar-refractivity contribution is -0.143. The van der Waals surface area contributed by atoms with Crippen molar-refractivity contribution in [2.75, 3.05) is 12.9 Å². The molecule has 1 rings (SSSR count). The third kappa shape index (κ3) is 4.34. The Kier molecular flexibility index (Phi) is 5.18. The van der Waals surface area contributed by atoms with Crippen LogP contribution in [0.3, 0.4) is 0 Å². The summed E-state index contributed by atoms with van der Waals surface area (Å²) in [6, 6.07) is 3.95. The number of thioether (sulfide) groups is 1. The minimum absolute atomic E-state index is 0.0447. The molecule has 0 fully saturated rings. The SMILES string of the molecule is COC(=O)C(C)CSCc1cccnc1. The van der Waals surface area contributed by atoms with Gasteiger partial charge in [0.1, 0.15) is 0 Å². The van der Waals surface area contributed by atoms with Crippen molar-refractivity contribution < 1.29 is 9.53 Å². The molecule has 0 N–H and O–H groups in total. The van der Waals surface area contributed by atoms with Gasteiger partial charge in [-0.25, -0.2) is 0 Å². The fourth-order valence-electron chi connectivity index (χ4n) is 1.11. The summed E-state index contributed by atoms with van der Waals surface area (Å²) >= 11 is 1.72. The highest BCUT2D eigenvalue weighted by molar-refractivity contribution is 7.98. The highest BCUT2D eigenvalue weighted by Crippen LogP contribution is 2.15. The second-order valence-corrected chi connectivity index (χ2v) is 4.33. The predicted molar refractivity (Wildman–Crippen MR) is 61.6 cm³/mol. The van der Waals surface area contributed by atoms with E-state index in [1.54, 1.807) is 18.0 Å². The minimum atomic E-state index is -0.145. The van der Waals surface area contributed by atoms with E-state index in [-0.39, 0.29) is 11.9 Å².